The number of halogens is 4. The zero-order valence-corrected chi connectivity index (χ0v) is 21.6. The van der Waals surface area contributed by atoms with Crippen LogP contribution < -0.4 is 10.5 Å². The highest BCUT2D eigenvalue weighted by molar-refractivity contribution is 9.10. The van der Waals surface area contributed by atoms with E-state index in [9.17, 15) is 13.6 Å². The summed E-state index contributed by atoms with van der Waals surface area (Å²) in [7, 11) is 1.62. The van der Waals surface area contributed by atoms with Crippen molar-refractivity contribution < 1.29 is 23.0 Å². The Morgan fingerprint density at radius 3 is 2.26 bits per heavy atom. The fourth-order valence-electron chi connectivity index (χ4n) is 3.65. The predicted octanol–water partition coefficient (Wildman–Crippen LogP) is 5.82. The molecule has 178 valence electrons. The van der Waals surface area contributed by atoms with Crippen molar-refractivity contribution in [3.8, 4) is 5.75 Å². The lowest BCUT2D eigenvalue weighted by atomic mass is 9.83. The molecule has 0 aliphatic carbocycles. The van der Waals surface area contributed by atoms with Gasteiger partial charge in [0.05, 0.1) is 7.11 Å². The molecule has 0 fully saturated rings. The normalized spacial score (nSPS) is 16.7. The Bertz CT molecular complexity index is 1200. The third-order valence-electron chi connectivity index (χ3n) is 5.18. The van der Waals surface area contributed by atoms with E-state index in [0.717, 1.165) is 23.2 Å². The van der Waals surface area contributed by atoms with Gasteiger partial charge in [-0.05, 0) is 77.7 Å². The number of hydrogen-bond donors (Lipinski definition) is 1. The molecule has 34 heavy (non-hydrogen) atoms. The molecular formula is C25H22Br2F2N2O3. The lowest BCUT2D eigenvalue weighted by molar-refractivity contribution is -0.107. The minimum atomic E-state index is -0.869. The van der Waals surface area contributed by atoms with Crippen LogP contribution in [-0.4, -0.2) is 26.0 Å². The first-order valence-electron chi connectivity index (χ1n) is 10.2. The minimum absolute atomic E-state index is 0.0962. The maximum atomic E-state index is 13.9. The van der Waals surface area contributed by atoms with Crippen molar-refractivity contribution in [1.29, 1.82) is 0 Å². The Balaban J connectivity index is 0.000000248. The SMILES string of the molecule is COc1ccc(C2(c3cc(F)cc(Br)c3)COC(N)=N2)cc1C.O=CCc1cc(F)cc(Br)c1. The van der Waals surface area contributed by atoms with Crippen LogP contribution in [0.5, 0.6) is 5.75 Å². The van der Waals surface area contributed by atoms with Crippen molar-refractivity contribution in [3.05, 3.63) is 97.4 Å². The minimum Gasteiger partial charge on any atom is -0.496 e. The number of rotatable bonds is 5. The van der Waals surface area contributed by atoms with Crippen molar-refractivity contribution in [1.82, 2.24) is 0 Å². The largest absolute Gasteiger partial charge is 0.496 e. The van der Waals surface area contributed by atoms with E-state index >= 15 is 0 Å². The van der Waals surface area contributed by atoms with E-state index in [4.69, 9.17) is 15.2 Å². The lowest BCUT2D eigenvalue weighted by Gasteiger charge is -2.26. The first-order chi connectivity index (χ1) is 16.2. The smallest absolute Gasteiger partial charge is 0.283 e. The van der Waals surface area contributed by atoms with Gasteiger partial charge in [-0.1, -0.05) is 37.9 Å². The molecule has 9 heteroatoms. The number of carbonyl (C=O) groups is 1. The number of ether oxygens (including phenoxy) is 2. The van der Waals surface area contributed by atoms with E-state index in [1.165, 1.54) is 24.3 Å². The van der Waals surface area contributed by atoms with Gasteiger partial charge in [0.2, 0.25) is 0 Å². The summed E-state index contributed by atoms with van der Waals surface area (Å²) in [5.41, 5.74) is 8.07. The quantitative estimate of drug-likeness (QED) is 0.377. The Morgan fingerprint density at radius 2 is 1.74 bits per heavy atom. The second-order valence-electron chi connectivity index (χ2n) is 7.59. The summed E-state index contributed by atoms with van der Waals surface area (Å²) < 4.78 is 38.5. The van der Waals surface area contributed by atoms with Crippen molar-refractivity contribution in [3.63, 3.8) is 0 Å². The first kappa shape index (κ1) is 25.8. The van der Waals surface area contributed by atoms with Crippen LogP contribution in [0.4, 0.5) is 8.78 Å². The summed E-state index contributed by atoms with van der Waals surface area (Å²) in [5, 5.41) is 0. The molecule has 3 aromatic carbocycles. The van der Waals surface area contributed by atoms with Gasteiger partial charge in [-0.15, -0.1) is 0 Å². The third-order valence-corrected chi connectivity index (χ3v) is 6.10. The Hall–Kier alpha value is -2.78. The van der Waals surface area contributed by atoms with Gasteiger partial charge in [-0.25, -0.2) is 13.8 Å². The fourth-order valence-corrected chi connectivity index (χ4v) is 4.62. The third kappa shape index (κ3) is 6.01. The molecule has 1 atom stereocenters. The number of carbonyl (C=O) groups excluding carboxylic acids is 1. The Labute approximate surface area is 213 Å². The Morgan fingerprint density at radius 1 is 1.06 bits per heavy atom. The van der Waals surface area contributed by atoms with Gasteiger partial charge < -0.3 is 20.0 Å². The molecule has 1 aliphatic heterocycles. The molecular weight excluding hydrogens is 574 g/mol. The summed E-state index contributed by atoms with van der Waals surface area (Å²) in [6.07, 6.45) is 1.01. The van der Waals surface area contributed by atoms with Gasteiger partial charge in [-0.2, -0.15) is 0 Å². The van der Waals surface area contributed by atoms with Crippen molar-refractivity contribution in [2.75, 3.05) is 13.7 Å². The van der Waals surface area contributed by atoms with E-state index in [1.54, 1.807) is 13.2 Å². The maximum absolute atomic E-state index is 13.9. The lowest BCUT2D eigenvalue weighted by Crippen LogP contribution is -2.27. The fraction of sp³-hybridized carbons (Fsp3) is 0.200. The van der Waals surface area contributed by atoms with E-state index in [0.29, 0.717) is 20.1 Å². The maximum Gasteiger partial charge on any atom is 0.283 e. The number of hydrogen-bond acceptors (Lipinski definition) is 5. The van der Waals surface area contributed by atoms with Gasteiger partial charge in [0.1, 0.15) is 30.3 Å². The molecule has 3 aromatic rings. The van der Waals surface area contributed by atoms with Crippen LogP contribution in [0, 0.1) is 18.6 Å². The molecule has 0 saturated heterocycles. The highest BCUT2D eigenvalue weighted by Crippen LogP contribution is 2.40. The average Bonchev–Trinajstić information content (AvgIpc) is 3.16. The van der Waals surface area contributed by atoms with Crippen molar-refractivity contribution in [2.24, 2.45) is 10.7 Å². The second kappa shape index (κ2) is 11.1. The number of amidine groups is 1. The summed E-state index contributed by atoms with van der Waals surface area (Å²) in [4.78, 5) is 14.5. The molecule has 5 nitrogen and oxygen atoms in total. The van der Waals surface area contributed by atoms with Gasteiger partial charge in [0, 0.05) is 15.4 Å². The van der Waals surface area contributed by atoms with Gasteiger partial charge in [0.25, 0.3) is 6.02 Å². The van der Waals surface area contributed by atoms with Gasteiger partial charge in [-0.3, -0.25) is 0 Å². The van der Waals surface area contributed by atoms with Crippen LogP contribution in [-0.2, 0) is 21.5 Å². The van der Waals surface area contributed by atoms with Gasteiger partial charge >= 0.3 is 0 Å². The number of aliphatic imine (C=N–C) groups is 1. The van der Waals surface area contributed by atoms with Gasteiger partial charge in [0.15, 0.2) is 5.54 Å². The van der Waals surface area contributed by atoms with Crippen LogP contribution in [0.2, 0.25) is 0 Å². The molecule has 0 saturated carbocycles. The summed E-state index contributed by atoms with van der Waals surface area (Å²) >= 11 is 6.46. The number of aryl methyl sites for hydroxylation is 1. The molecule has 4 rings (SSSR count). The van der Waals surface area contributed by atoms with E-state index < -0.39 is 5.54 Å². The summed E-state index contributed by atoms with van der Waals surface area (Å²) in [6, 6.07) is 14.9. The molecule has 0 amide bonds. The number of benzene rings is 3. The highest BCUT2D eigenvalue weighted by Gasteiger charge is 2.40. The highest BCUT2D eigenvalue weighted by atomic mass is 79.9. The topological polar surface area (TPSA) is 73.9 Å². The average molecular weight is 596 g/mol. The van der Waals surface area contributed by atoms with Crippen molar-refractivity contribution >= 4 is 44.2 Å². The van der Waals surface area contributed by atoms with E-state index in [1.807, 2.05) is 31.2 Å². The number of methoxy groups -OCH3 is 1. The van der Waals surface area contributed by atoms with E-state index in [-0.39, 0.29) is 30.7 Å². The summed E-state index contributed by atoms with van der Waals surface area (Å²) in [5.74, 6) is 0.107. The summed E-state index contributed by atoms with van der Waals surface area (Å²) in [6.45, 7) is 2.17. The van der Waals surface area contributed by atoms with Crippen molar-refractivity contribution in [2.45, 2.75) is 18.9 Å². The molecule has 0 aromatic heterocycles. The molecule has 1 unspecified atom stereocenters. The molecule has 0 bridgehead atoms. The number of nitrogens with two attached hydrogens (primary N) is 1. The number of aldehydes is 1. The van der Waals surface area contributed by atoms with E-state index in [2.05, 4.69) is 36.9 Å². The van der Waals surface area contributed by atoms with Crippen LogP contribution in [0.1, 0.15) is 22.3 Å². The zero-order chi connectivity index (χ0) is 24.9. The zero-order valence-electron chi connectivity index (χ0n) is 18.4. The molecule has 0 spiro atoms. The standard InChI is InChI=1S/C17H16BrFN2O2.C8H6BrFO/c1-10-5-11(3-4-15(10)22-2)17(9-23-16(20)21-17)12-6-13(18)8-14(19)7-12;9-7-3-6(1-2-11)4-8(10)5-7/h3-8H,9H2,1-2H3,(H2,20,21);2-5H,1H2. The molecule has 2 N–H and O–H groups in total. The predicted molar refractivity (Wildman–Crippen MR) is 134 cm³/mol. The molecule has 1 aliphatic rings. The monoisotopic (exact) mass is 594 g/mol. The molecule has 0 radical (unpaired) electrons. The first-order valence-corrected chi connectivity index (χ1v) is 11.7. The number of nitrogens with zero attached hydrogens (tertiary/aromatic N) is 1. The van der Waals surface area contributed by atoms with Crippen LogP contribution >= 0.6 is 31.9 Å². The Kier molecular flexibility index (Phi) is 8.43. The van der Waals surface area contributed by atoms with Crippen LogP contribution in [0.3, 0.4) is 0 Å². The van der Waals surface area contributed by atoms with Crippen LogP contribution in [0.25, 0.3) is 0 Å². The molecule has 1 heterocycles. The van der Waals surface area contributed by atoms with Crippen LogP contribution in [0.15, 0.2) is 68.5 Å². The second-order valence-corrected chi connectivity index (χ2v) is 9.42.